The fraction of sp³-hybridized carbons (Fsp3) is 0.316. The molecule has 0 aliphatic heterocycles. The van der Waals surface area contributed by atoms with Gasteiger partial charge in [0.15, 0.2) is 5.78 Å². The summed E-state index contributed by atoms with van der Waals surface area (Å²) in [5.74, 6) is -0.0599. The van der Waals surface area contributed by atoms with E-state index in [0.29, 0.717) is 12.1 Å². The van der Waals surface area contributed by atoms with Gasteiger partial charge in [0.2, 0.25) is 0 Å². The van der Waals surface area contributed by atoms with E-state index in [2.05, 4.69) is 9.97 Å². The summed E-state index contributed by atoms with van der Waals surface area (Å²) in [5.41, 5.74) is 1.03. The first-order valence-electron chi connectivity index (χ1n) is 8.08. The molecular weight excluding hydrogens is 316 g/mol. The average molecular weight is 332 g/mol. The highest BCUT2D eigenvalue weighted by Crippen LogP contribution is 2.58. The van der Waals surface area contributed by atoms with Gasteiger partial charge in [0.1, 0.15) is 18.0 Å². The van der Waals surface area contributed by atoms with E-state index in [1.807, 2.05) is 24.3 Å². The van der Waals surface area contributed by atoms with Crippen molar-refractivity contribution in [3.05, 3.63) is 54.3 Å². The second kappa shape index (κ2) is 5.57. The van der Waals surface area contributed by atoms with Crippen LogP contribution in [0.25, 0.3) is 11.3 Å². The third-order valence-corrected chi connectivity index (χ3v) is 5.08. The highest BCUT2D eigenvalue weighted by molar-refractivity contribution is 6.06. The molecule has 0 N–H and O–H groups in total. The van der Waals surface area contributed by atoms with Crippen molar-refractivity contribution >= 4 is 5.78 Å². The zero-order valence-corrected chi connectivity index (χ0v) is 13.8. The Morgan fingerprint density at radius 3 is 2.64 bits per heavy atom. The molecule has 0 aromatic carbocycles. The number of carbonyl (C=O) groups is 1. The van der Waals surface area contributed by atoms with E-state index < -0.39 is 11.0 Å². The molecule has 1 fully saturated rings. The highest BCUT2D eigenvalue weighted by atomic mass is 16.5. The summed E-state index contributed by atoms with van der Waals surface area (Å²) >= 11 is 0. The van der Waals surface area contributed by atoms with Crippen LogP contribution in [0.15, 0.2) is 48.6 Å². The molecule has 2 aliphatic carbocycles. The Morgan fingerprint density at radius 2 is 2.00 bits per heavy atom. The lowest BCUT2D eigenvalue weighted by molar-refractivity contribution is -0.124. The Kier molecular flexibility index (Phi) is 3.48. The molecule has 2 heterocycles. The van der Waals surface area contributed by atoms with Gasteiger partial charge in [0.05, 0.1) is 17.0 Å². The van der Waals surface area contributed by atoms with Gasteiger partial charge in [-0.25, -0.2) is 15.0 Å². The molecule has 1 atom stereocenters. The molecule has 2 aliphatic rings. The number of hydrogen-bond donors (Lipinski definition) is 0. The zero-order valence-electron chi connectivity index (χ0n) is 13.8. The summed E-state index contributed by atoms with van der Waals surface area (Å²) in [4.78, 5) is 25.3. The molecule has 6 nitrogen and oxygen atoms in total. The summed E-state index contributed by atoms with van der Waals surface area (Å²) < 4.78 is 5.84. The second-order valence-electron chi connectivity index (χ2n) is 6.58. The van der Waals surface area contributed by atoms with Gasteiger partial charge in [0.25, 0.3) is 0 Å². The van der Waals surface area contributed by atoms with E-state index in [1.165, 1.54) is 6.33 Å². The zero-order chi connectivity index (χ0) is 17.5. The summed E-state index contributed by atoms with van der Waals surface area (Å²) in [6.07, 6.45) is 8.60. The predicted molar refractivity (Wildman–Crippen MR) is 88.9 cm³/mol. The maximum Gasteiger partial charge on any atom is 0.179 e. The summed E-state index contributed by atoms with van der Waals surface area (Å²) in [5, 5.41) is 9.40. The topological polar surface area (TPSA) is 88.8 Å². The van der Waals surface area contributed by atoms with E-state index >= 15 is 0 Å². The van der Waals surface area contributed by atoms with Gasteiger partial charge < -0.3 is 4.74 Å². The molecule has 1 unspecified atom stereocenters. The number of rotatable bonds is 3. The Bertz CT molecular complexity index is 913. The van der Waals surface area contributed by atoms with Crippen LogP contribution in [-0.2, 0) is 15.1 Å². The normalized spacial score (nSPS) is 23.8. The third kappa shape index (κ3) is 2.44. The van der Waals surface area contributed by atoms with Crippen LogP contribution in [0.4, 0.5) is 0 Å². The lowest BCUT2D eigenvalue weighted by atomic mass is 9.74. The summed E-state index contributed by atoms with van der Waals surface area (Å²) in [6, 6.07) is 7.67. The van der Waals surface area contributed by atoms with Gasteiger partial charge >= 0.3 is 0 Å². The first-order chi connectivity index (χ1) is 12.1. The number of ketones is 1. The molecule has 6 heteroatoms. The number of Topliss-reactive ketones (excluding diaryl/α,β-unsaturated/α-hetero) is 1. The van der Waals surface area contributed by atoms with E-state index in [4.69, 9.17) is 9.72 Å². The average Bonchev–Trinajstić information content (AvgIpc) is 3.45. The van der Waals surface area contributed by atoms with Crippen molar-refractivity contribution in [1.82, 2.24) is 15.0 Å². The van der Waals surface area contributed by atoms with Gasteiger partial charge in [-0.3, -0.25) is 4.79 Å². The van der Waals surface area contributed by atoms with Crippen LogP contribution in [-0.4, -0.2) is 27.8 Å². The molecule has 4 rings (SSSR count). The highest BCUT2D eigenvalue weighted by Gasteiger charge is 2.58. The molecular formula is C19H16N4O2. The van der Waals surface area contributed by atoms with Crippen molar-refractivity contribution < 1.29 is 9.53 Å². The van der Waals surface area contributed by atoms with E-state index in [-0.39, 0.29) is 11.4 Å². The first-order valence-corrected chi connectivity index (χ1v) is 8.08. The van der Waals surface area contributed by atoms with Crippen LogP contribution < -0.4 is 0 Å². The van der Waals surface area contributed by atoms with Crippen molar-refractivity contribution in [3.8, 4) is 17.3 Å². The number of nitriles is 1. The molecule has 0 amide bonds. The van der Waals surface area contributed by atoms with Gasteiger partial charge in [-0.2, -0.15) is 5.26 Å². The summed E-state index contributed by atoms with van der Waals surface area (Å²) in [6.45, 7) is 0. The van der Waals surface area contributed by atoms with Crippen LogP contribution >= 0.6 is 0 Å². The van der Waals surface area contributed by atoms with Crippen molar-refractivity contribution in [2.45, 2.75) is 24.9 Å². The largest absolute Gasteiger partial charge is 0.368 e. The van der Waals surface area contributed by atoms with E-state index in [0.717, 1.165) is 24.1 Å². The van der Waals surface area contributed by atoms with E-state index in [1.54, 1.807) is 25.6 Å². The number of nitrogens with zero attached hydrogens (tertiary/aromatic N) is 4. The fourth-order valence-corrected chi connectivity index (χ4v) is 3.52. The van der Waals surface area contributed by atoms with Crippen LogP contribution in [0.3, 0.4) is 0 Å². The standard InChI is InChI=1S/C19H16N4O2/c1-25-19(7-13(8-20)17(24)18(11-19)5-6-18)16-4-2-3-15(23-16)14-9-21-12-22-10-14/h2-4,7,9-10,12H,5-6,11H2,1H3. The first kappa shape index (κ1) is 15.6. The molecule has 2 aromatic heterocycles. The molecule has 2 aromatic rings. The van der Waals surface area contributed by atoms with Crippen molar-refractivity contribution in [2.75, 3.05) is 7.11 Å². The molecule has 0 saturated heterocycles. The number of allylic oxidation sites excluding steroid dienone is 1. The Balaban J connectivity index is 1.83. The maximum atomic E-state index is 12.5. The maximum absolute atomic E-state index is 12.5. The van der Waals surface area contributed by atoms with Gasteiger partial charge in [-0.15, -0.1) is 0 Å². The minimum absolute atomic E-state index is 0.0599. The quantitative estimate of drug-likeness (QED) is 0.858. The molecule has 1 spiro atoms. The van der Waals surface area contributed by atoms with Crippen molar-refractivity contribution in [2.24, 2.45) is 5.41 Å². The summed E-state index contributed by atoms with van der Waals surface area (Å²) in [7, 11) is 1.59. The van der Waals surface area contributed by atoms with Gasteiger partial charge in [-0.05, 0) is 37.5 Å². The Morgan fingerprint density at radius 1 is 1.24 bits per heavy atom. The molecule has 0 radical (unpaired) electrons. The minimum atomic E-state index is -0.874. The number of pyridine rings is 1. The number of hydrogen-bond acceptors (Lipinski definition) is 6. The SMILES string of the molecule is COC1(c2cccc(-c3cncnc3)n2)C=C(C#N)C(=O)C2(CC2)C1. The minimum Gasteiger partial charge on any atom is -0.368 e. The number of carbonyl (C=O) groups excluding carboxylic acids is 1. The van der Waals surface area contributed by atoms with Crippen molar-refractivity contribution in [3.63, 3.8) is 0 Å². The number of ether oxygens (including phenoxy) is 1. The third-order valence-electron chi connectivity index (χ3n) is 5.08. The van der Waals surface area contributed by atoms with Crippen LogP contribution in [0.1, 0.15) is 25.0 Å². The molecule has 1 saturated carbocycles. The van der Waals surface area contributed by atoms with Crippen molar-refractivity contribution in [1.29, 1.82) is 5.26 Å². The molecule has 124 valence electrons. The lowest BCUT2D eigenvalue weighted by Gasteiger charge is -2.36. The monoisotopic (exact) mass is 332 g/mol. The number of aromatic nitrogens is 3. The van der Waals surface area contributed by atoms with Gasteiger partial charge in [0, 0.05) is 30.5 Å². The second-order valence-corrected chi connectivity index (χ2v) is 6.58. The molecule has 25 heavy (non-hydrogen) atoms. The Hall–Kier alpha value is -2.91. The van der Waals surface area contributed by atoms with E-state index in [9.17, 15) is 10.1 Å². The van der Waals surface area contributed by atoms with Crippen LogP contribution in [0, 0.1) is 16.7 Å². The lowest BCUT2D eigenvalue weighted by Crippen LogP contribution is -2.39. The number of methoxy groups -OCH3 is 1. The fourth-order valence-electron chi connectivity index (χ4n) is 3.52. The molecule has 0 bridgehead atoms. The smallest absolute Gasteiger partial charge is 0.179 e. The van der Waals surface area contributed by atoms with Gasteiger partial charge in [-0.1, -0.05) is 6.07 Å². The van der Waals surface area contributed by atoms with Crippen LogP contribution in [0.2, 0.25) is 0 Å². The van der Waals surface area contributed by atoms with Crippen LogP contribution in [0.5, 0.6) is 0 Å². The predicted octanol–water partition coefficient (Wildman–Crippen LogP) is 2.58. The Labute approximate surface area is 145 Å².